The van der Waals surface area contributed by atoms with E-state index in [-0.39, 0.29) is 5.03 Å². The molecule has 0 aliphatic rings. The van der Waals surface area contributed by atoms with Crippen molar-refractivity contribution in [3.05, 3.63) is 36.2 Å². The molecule has 0 aliphatic carbocycles. The molecule has 2 aromatic rings. The number of hydrogen-bond acceptors (Lipinski definition) is 3. The summed E-state index contributed by atoms with van der Waals surface area (Å²) >= 11 is -2.13. The number of benzene rings is 1. The summed E-state index contributed by atoms with van der Waals surface area (Å²) in [6.07, 6.45) is 0. The molecule has 0 fully saturated rings. The van der Waals surface area contributed by atoms with Crippen molar-refractivity contribution in [3.8, 4) is 11.3 Å². The second kappa shape index (κ2) is 3.96. The van der Waals surface area contributed by atoms with Gasteiger partial charge in [-0.3, -0.25) is 0 Å². The molecule has 78 valence electrons. The highest BCUT2D eigenvalue weighted by Gasteiger charge is 2.17. The van der Waals surface area contributed by atoms with Crippen molar-refractivity contribution in [1.29, 1.82) is 0 Å². The monoisotopic (exact) mass is 223 g/mol. The molecular formula is C10H9NO3S. The van der Waals surface area contributed by atoms with Crippen LogP contribution in [0.5, 0.6) is 0 Å². The molecule has 0 spiro atoms. The van der Waals surface area contributed by atoms with Gasteiger partial charge in [-0.25, -0.2) is 9.19 Å². The normalized spacial score (nSPS) is 12.7. The topological polar surface area (TPSA) is 63.3 Å². The van der Waals surface area contributed by atoms with E-state index in [0.717, 1.165) is 5.56 Å². The molecule has 4 nitrogen and oxygen atoms in total. The summed E-state index contributed by atoms with van der Waals surface area (Å²) < 4.78 is 25.3. The minimum Gasteiger partial charge on any atom is -0.440 e. The van der Waals surface area contributed by atoms with Gasteiger partial charge in [-0.05, 0) is 0 Å². The Morgan fingerprint density at radius 1 is 1.33 bits per heavy atom. The molecule has 1 unspecified atom stereocenters. The fourth-order valence-electron chi connectivity index (χ4n) is 1.30. The molecule has 1 N–H and O–H groups in total. The lowest BCUT2D eigenvalue weighted by molar-refractivity contribution is 0.532. The lowest BCUT2D eigenvalue weighted by Gasteiger charge is -1.96. The van der Waals surface area contributed by atoms with Gasteiger partial charge < -0.3 is 8.97 Å². The first-order valence-electron chi connectivity index (χ1n) is 4.32. The predicted octanol–water partition coefficient (Wildman–Crippen LogP) is 2.23. The Hall–Kier alpha value is -1.46. The van der Waals surface area contributed by atoms with Gasteiger partial charge in [0.15, 0.2) is 11.7 Å². The summed E-state index contributed by atoms with van der Waals surface area (Å²) in [5, 5.41) is 0.0682. The molecule has 0 amide bonds. The van der Waals surface area contributed by atoms with Crippen LogP contribution in [0.4, 0.5) is 0 Å². The lowest BCUT2D eigenvalue weighted by atomic mass is 10.2. The van der Waals surface area contributed by atoms with Crippen LogP contribution >= 0.6 is 0 Å². The van der Waals surface area contributed by atoms with Crippen LogP contribution in [0.2, 0.25) is 0 Å². The zero-order valence-corrected chi connectivity index (χ0v) is 8.82. The molecule has 2 rings (SSSR count). The van der Waals surface area contributed by atoms with Crippen LogP contribution in [0, 0.1) is 6.92 Å². The first kappa shape index (κ1) is 10.1. The van der Waals surface area contributed by atoms with Crippen molar-refractivity contribution < 1.29 is 13.2 Å². The highest BCUT2D eigenvalue weighted by molar-refractivity contribution is 7.79. The van der Waals surface area contributed by atoms with Gasteiger partial charge >= 0.3 is 0 Å². The zero-order chi connectivity index (χ0) is 10.8. The van der Waals surface area contributed by atoms with Gasteiger partial charge in [0.2, 0.25) is 16.1 Å². The van der Waals surface area contributed by atoms with Gasteiger partial charge in [-0.2, -0.15) is 0 Å². The third-order valence-electron chi connectivity index (χ3n) is 1.90. The number of aryl methyl sites for hydroxylation is 1. The first-order valence-corrected chi connectivity index (χ1v) is 5.43. The summed E-state index contributed by atoms with van der Waals surface area (Å²) in [6.45, 7) is 1.64. The van der Waals surface area contributed by atoms with Crippen LogP contribution < -0.4 is 0 Å². The van der Waals surface area contributed by atoms with E-state index in [9.17, 15) is 4.21 Å². The van der Waals surface area contributed by atoms with Crippen LogP contribution in [0.3, 0.4) is 0 Å². The molecule has 0 saturated carbocycles. The summed E-state index contributed by atoms with van der Waals surface area (Å²) in [7, 11) is 0. The number of nitrogens with zero attached hydrogens (tertiary/aromatic N) is 1. The van der Waals surface area contributed by atoms with E-state index < -0.39 is 11.1 Å². The standard InChI is InChI=1S/C10H9NO3S/c1-7-11-10(15(12)13)9(14-7)8-5-3-2-4-6-8/h2-6H,1H3,(H,12,13). The van der Waals surface area contributed by atoms with Crippen LogP contribution in [0.25, 0.3) is 11.3 Å². The van der Waals surface area contributed by atoms with Gasteiger partial charge in [0, 0.05) is 12.5 Å². The quantitative estimate of drug-likeness (QED) is 0.793. The van der Waals surface area contributed by atoms with Gasteiger partial charge in [0.1, 0.15) is 0 Å². The molecule has 0 bridgehead atoms. The summed E-state index contributed by atoms with van der Waals surface area (Å²) in [4.78, 5) is 3.87. The lowest BCUT2D eigenvalue weighted by Crippen LogP contribution is -1.91. The molecular weight excluding hydrogens is 214 g/mol. The predicted molar refractivity (Wildman–Crippen MR) is 55.7 cm³/mol. The number of oxazole rings is 1. The van der Waals surface area contributed by atoms with E-state index in [2.05, 4.69) is 4.98 Å². The van der Waals surface area contributed by atoms with Crippen LogP contribution in [-0.2, 0) is 11.1 Å². The SMILES string of the molecule is Cc1nc(S(=O)O)c(-c2ccccc2)o1. The largest absolute Gasteiger partial charge is 0.440 e. The van der Waals surface area contributed by atoms with Gasteiger partial charge in [-0.15, -0.1) is 0 Å². The van der Waals surface area contributed by atoms with E-state index >= 15 is 0 Å². The third-order valence-corrected chi connectivity index (χ3v) is 2.51. The van der Waals surface area contributed by atoms with Crippen molar-refractivity contribution in [2.75, 3.05) is 0 Å². The Morgan fingerprint density at radius 2 is 2.00 bits per heavy atom. The van der Waals surface area contributed by atoms with Crippen molar-refractivity contribution in [2.45, 2.75) is 11.9 Å². The highest BCUT2D eigenvalue weighted by Crippen LogP contribution is 2.26. The maximum Gasteiger partial charge on any atom is 0.209 e. The first-order chi connectivity index (χ1) is 7.18. The van der Waals surface area contributed by atoms with Crippen molar-refractivity contribution in [2.24, 2.45) is 0 Å². The minimum absolute atomic E-state index is 0.0682. The van der Waals surface area contributed by atoms with Crippen molar-refractivity contribution in [1.82, 2.24) is 4.98 Å². The fourth-order valence-corrected chi connectivity index (χ4v) is 1.82. The van der Waals surface area contributed by atoms with Crippen molar-refractivity contribution >= 4 is 11.1 Å². The molecule has 1 aromatic carbocycles. The molecule has 1 aromatic heterocycles. The minimum atomic E-state index is -2.13. The van der Waals surface area contributed by atoms with E-state index in [4.69, 9.17) is 8.97 Å². The van der Waals surface area contributed by atoms with Gasteiger partial charge in [0.05, 0.1) is 0 Å². The second-order valence-electron chi connectivity index (χ2n) is 2.98. The third kappa shape index (κ3) is 1.98. The van der Waals surface area contributed by atoms with Crippen molar-refractivity contribution in [3.63, 3.8) is 0 Å². The molecule has 0 saturated heterocycles. The van der Waals surface area contributed by atoms with Crippen LogP contribution in [0.15, 0.2) is 39.8 Å². The molecule has 5 heteroatoms. The molecule has 1 atom stereocenters. The van der Waals surface area contributed by atoms with Crippen LogP contribution in [0.1, 0.15) is 5.89 Å². The Balaban J connectivity index is 2.58. The second-order valence-corrected chi connectivity index (χ2v) is 3.87. The highest BCUT2D eigenvalue weighted by atomic mass is 32.2. The summed E-state index contributed by atoms with van der Waals surface area (Å²) in [6, 6.07) is 9.13. The maximum atomic E-state index is 11.0. The van der Waals surface area contributed by atoms with Gasteiger partial charge in [-0.1, -0.05) is 30.3 Å². The fraction of sp³-hybridized carbons (Fsp3) is 0.100. The number of rotatable bonds is 2. The Bertz CT molecular complexity index is 493. The number of hydrogen-bond donors (Lipinski definition) is 1. The Labute approximate surface area is 89.2 Å². The molecule has 1 heterocycles. The molecule has 0 radical (unpaired) electrons. The van der Waals surface area contributed by atoms with Crippen LogP contribution in [-0.4, -0.2) is 13.7 Å². The van der Waals surface area contributed by atoms with E-state index in [1.165, 1.54) is 0 Å². The summed E-state index contributed by atoms with van der Waals surface area (Å²) in [5.41, 5.74) is 0.746. The molecule has 15 heavy (non-hydrogen) atoms. The average molecular weight is 223 g/mol. The van der Waals surface area contributed by atoms with E-state index in [1.54, 1.807) is 19.1 Å². The van der Waals surface area contributed by atoms with E-state index in [1.807, 2.05) is 18.2 Å². The Kier molecular flexibility index (Phi) is 2.66. The Morgan fingerprint density at radius 3 is 2.60 bits per heavy atom. The average Bonchev–Trinajstić information content (AvgIpc) is 2.62. The number of aromatic nitrogens is 1. The smallest absolute Gasteiger partial charge is 0.209 e. The van der Waals surface area contributed by atoms with E-state index in [0.29, 0.717) is 11.7 Å². The summed E-state index contributed by atoms with van der Waals surface area (Å²) in [5.74, 6) is 0.736. The van der Waals surface area contributed by atoms with Gasteiger partial charge in [0.25, 0.3) is 0 Å². The zero-order valence-electron chi connectivity index (χ0n) is 8.01. The maximum absolute atomic E-state index is 11.0. The molecule has 0 aliphatic heterocycles.